The summed E-state index contributed by atoms with van der Waals surface area (Å²) < 4.78 is 0. The monoisotopic (exact) mass is 240 g/mol. The molecule has 0 aliphatic carbocycles. The molecule has 0 fully saturated rings. The van der Waals surface area contributed by atoms with Crippen LogP contribution in [0.2, 0.25) is 0 Å². The van der Waals surface area contributed by atoms with Crippen LogP contribution in [0.5, 0.6) is 0 Å². The summed E-state index contributed by atoms with van der Waals surface area (Å²) >= 11 is 1.86. The number of rotatable bonds is 8. The number of hydrogen-bond donors (Lipinski definition) is 1. The zero-order chi connectivity index (χ0) is 11.8. The van der Waals surface area contributed by atoms with Gasteiger partial charge >= 0.3 is 0 Å². The van der Waals surface area contributed by atoms with Crippen LogP contribution in [0.15, 0.2) is 17.5 Å². The maximum absolute atomic E-state index is 3.46. The fourth-order valence-electron chi connectivity index (χ4n) is 1.94. The van der Waals surface area contributed by atoms with E-state index in [0.29, 0.717) is 6.04 Å². The first-order valence-corrected chi connectivity index (χ1v) is 7.16. The first-order chi connectivity index (χ1) is 7.81. The van der Waals surface area contributed by atoms with E-state index in [2.05, 4.69) is 48.5 Å². The molecule has 1 atom stereocenters. The molecule has 1 aromatic rings. The number of nitrogens with zero attached hydrogens (tertiary/aromatic N) is 1. The second-order valence-corrected chi connectivity index (χ2v) is 5.04. The summed E-state index contributed by atoms with van der Waals surface area (Å²) in [4.78, 5) is 4.03. The van der Waals surface area contributed by atoms with Gasteiger partial charge in [0.15, 0.2) is 0 Å². The summed E-state index contributed by atoms with van der Waals surface area (Å²) in [6, 6.07) is 5.03. The predicted octanol–water partition coefficient (Wildman–Crippen LogP) is 2.96. The lowest BCUT2D eigenvalue weighted by molar-refractivity contribution is 0.190. The molecule has 16 heavy (non-hydrogen) atoms. The van der Waals surface area contributed by atoms with Gasteiger partial charge in [-0.2, -0.15) is 0 Å². The van der Waals surface area contributed by atoms with Crippen molar-refractivity contribution in [2.24, 2.45) is 0 Å². The van der Waals surface area contributed by atoms with Gasteiger partial charge < -0.3 is 5.32 Å². The first-order valence-electron chi connectivity index (χ1n) is 6.28. The fourth-order valence-corrected chi connectivity index (χ4v) is 2.67. The van der Waals surface area contributed by atoms with Crippen molar-refractivity contribution in [3.63, 3.8) is 0 Å². The SMILES string of the molecule is CCNCC(CC)N(CC)Cc1cccs1. The molecular formula is C13H24N2S. The van der Waals surface area contributed by atoms with Crippen molar-refractivity contribution in [1.82, 2.24) is 10.2 Å². The number of nitrogens with one attached hydrogen (secondary N) is 1. The highest BCUT2D eigenvalue weighted by atomic mass is 32.1. The molecule has 1 heterocycles. The molecule has 0 aromatic carbocycles. The lowest BCUT2D eigenvalue weighted by atomic mass is 10.2. The Kier molecular flexibility index (Phi) is 6.69. The molecule has 0 amide bonds. The maximum atomic E-state index is 3.46. The lowest BCUT2D eigenvalue weighted by Crippen LogP contribution is -2.41. The molecule has 1 N–H and O–H groups in total. The topological polar surface area (TPSA) is 15.3 Å². The van der Waals surface area contributed by atoms with Crippen molar-refractivity contribution >= 4 is 11.3 Å². The number of likely N-dealkylation sites (N-methyl/N-ethyl adjacent to an activating group) is 2. The van der Waals surface area contributed by atoms with Crippen molar-refractivity contribution in [2.45, 2.75) is 39.8 Å². The number of hydrogen-bond acceptors (Lipinski definition) is 3. The van der Waals surface area contributed by atoms with Crippen molar-refractivity contribution in [3.05, 3.63) is 22.4 Å². The van der Waals surface area contributed by atoms with Crippen LogP contribution in [0.3, 0.4) is 0 Å². The van der Waals surface area contributed by atoms with Crippen LogP contribution in [-0.4, -0.2) is 30.6 Å². The van der Waals surface area contributed by atoms with Crippen LogP contribution >= 0.6 is 11.3 Å². The zero-order valence-corrected chi connectivity index (χ0v) is 11.5. The Morgan fingerprint density at radius 2 is 2.19 bits per heavy atom. The molecule has 1 aromatic heterocycles. The van der Waals surface area contributed by atoms with Gasteiger partial charge in [0.1, 0.15) is 0 Å². The molecule has 1 rings (SSSR count). The van der Waals surface area contributed by atoms with Crippen molar-refractivity contribution in [1.29, 1.82) is 0 Å². The first kappa shape index (κ1) is 13.7. The van der Waals surface area contributed by atoms with E-state index in [-0.39, 0.29) is 0 Å². The Morgan fingerprint density at radius 1 is 1.38 bits per heavy atom. The van der Waals surface area contributed by atoms with Gasteiger partial charge in [0.05, 0.1) is 0 Å². The van der Waals surface area contributed by atoms with Gasteiger partial charge in [0, 0.05) is 24.0 Å². The van der Waals surface area contributed by atoms with E-state index in [4.69, 9.17) is 0 Å². The molecule has 0 aliphatic heterocycles. The Bertz CT molecular complexity index is 259. The van der Waals surface area contributed by atoms with Crippen molar-refractivity contribution in [2.75, 3.05) is 19.6 Å². The highest BCUT2D eigenvalue weighted by molar-refractivity contribution is 7.09. The minimum absolute atomic E-state index is 0.659. The summed E-state index contributed by atoms with van der Waals surface area (Å²) in [6.07, 6.45) is 1.21. The van der Waals surface area contributed by atoms with Gasteiger partial charge in [-0.05, 0) is 31.0 Å². The second kappa shape index (κ2) is 7.82. The van der Waals surface area contributed by atoms with E-state index >= 15 is 0 Å². The highest BCUT2D eigenvalue weighted by Crippen LogP contribution is 2.14. The largest absolute Gasteiger partial charge is 0.315 e. The molecular weight excluding hydrogens is 216 g/mol. The van der Waals surface area contributed by atoms with Crippen molar-refractivity contribution < 1.29 is 0 Å². The third-order valence-electron chi connectivity index (χ3n) is 2.96. The van der Waals surface area contributed by atoms with E-state index in [0.717, 1.165) is 26.2 Å². The Labute approximate surface area is 104 Å². The van der Waals surface area contributed by atoms with Crippen LogP contribution in [0, 0.1) is 0 Å². The summed E-state index contributed by atoms with van der Waals surface area (Å²) in [6.45, 7) is 11.1. The Hall–Kier alpha value is -0.380. The average molecular weight is 240 g/mol. The summed E-state index contributed by atoms with van der Waals surface area (Å²) in [5, 5.41) is 5.62. The van der Waals surface area contributed by atoms with Gasteiger partial charge in [0.2, 0.25) is 0 Å². The molecule has 3 heteroatoms. The lowest BCUT2D eigenvalue weighted by Gasteiger charge is -2.29. The van der Waals surface area contributed by atoms with Crippen molar-refractivity contribution in [3.8, 4) is 0 Å². The van der Waals surface area contributed by atoms with Gasteiger partial charge in [-0.1, -0.05) is 26.8 Å². The molecule has 0 saturated carbocycles. The average Bonchev–Trinajstić information content (AvgIpc) is 2.81. The summed E-state index contributed by atoms with van der Waals surface area (Å²) in [5.74, 6) is 0. The van der Waals surface area contributed by atoms with Gasteiger partial charge in [-0.3, -0.25) is 4.90 Å². The quantitative estimate of drug-likeness (QED) is 0.751. The molecule has 0 saturated heterocycles. The van der Waals surface area contributed by atoms with Crippen LogP contribution in [0.1, 0.15) is 32.1 Å². The van der Waals surface area contributed by atoms with Gasteiger partial charge in [-0.25, -0.2) is 0 Å². The maximum Gasteiger partial charge on any atom is 0.0331 e. The van der Waals surface area contributed by atoms with E-state index < -0.39 is 0 Å². The standard InChI is InChI=1S/C13H24N2S/c1-4-12(10-14-5-2)15(6-3)11-13-8-7-9-16-13/h7-9,12,14H,4-6,10-11H2,1-3H3. The van der Waals surface area contributed by atoms with Crippen LogP contribution in [-0.2, 0) is 6.54 Å². The Balaban J connectivity index is 2.49. The van der Waals surface area contributed by atoms with Crippen LogP contribution in [0.4, 0.5) is 0 Å². The van der Waals surface area contributed by atoms with Gasteiger partial charge in [-0.15, -0.1) is 11.3 Å². The highest BCUT2D eigenvalue weighted by Gasteiger charge is 2.15. The third kappa shape index (κ3) is 4.24. The van der Waals surface area contributed by atoms with E-state index in [9.17, 15) is 0 Å². The normalized spacial score (nSPS) is 13.2. The number of thiophene rings is 1. The molecule has 0 spiro atoms. The summed E-state index contributed by atoms with van der Waals surface area (Å²) in [5.41, 5.74) is 0. The van der Waals surface area contributed by atoms with E-state index in [1.807, 2.05) is 11.3 Å². The van der Waals surface area contributed by atoms with Crippen LogP contribution < -0.4 is 5.32 Å². The smallest absolute Gasteiger partial charge is 0.0331 e. The van der Waals surface area contributed by atoms with E-state index in [1.54, 1.807) is 0 Å². The molecule has 0 radical (unpaired) electrons. The van der Waals surface area contributed by atoms with E-state index in [1.165, 1.54) is 11.3 Å². The minimum atomic E-state index is 0.659. The zero-order valence-electron chi connectivity index (χ0n) is 10.7. The molecule has 2 nitrogen and oxygen atoms in total. The second-order valence-electron chi connectivity index (χ2n) is 4.01. The summed E-state index contributed by atoms with van der Waals surface area (Å²) in [7, 11) is 0. The van der Waals surface area contributed by atoms with Gasteiger partial charge in [0.25, 0.3) is 0 Å². The molecule has 92 valence electrons. The predicted molar refractivity (Wildman–Crippen MR) is 73.0 cm³/mol. The fraction of sp³-hybridized carbons (Fsp3) is 0.692. The third-order valence-corrected chi connectivity index (χ3v) is 3.82. The minimum Gasteiger partial charge on any atom is -0.315 e. The molecule has 1 unspecified atom stereocenters. The molecule has 0 aliphatic rings. The Morgan fingerprint density at radius 3 is 2.69 bits per heavy atom. The van der Waals surface area contributed by atoms with Crippen LogP contribution in [0.25, 0.3) is 0 Å². The molecule has 0 bridgehead atoms.